The molecule has 1 amide bonds. The van der Waals surface area contributed by atoms with Gasteiger partial charge in [0.15, 0.2) is 0 Å². The van der Waals surface area contributed by atoms with Crippen molar-refractivity contribution >= 4 is 5.91 Å². The van der Waals surface area contributed by atoms with E-state index in [2.05, 4.69) is 4.90 Å². The average Bonchev–Trinajstić information content (AvgIpc) is 3.16. The van der Waals surface area contributed by atoms with Crippen LogP contribution in [-0.4, -0.2) is 66.2 Å². The van der Waals surface area contributed by atoms with Crippen LogP contribution in [0.3, 0.4) is 0 Å². The average molecular weight is 348 g/mol. The van der Waals surface area contributed by atoms with Crippen molar-refractivity contribution in [1.29, 1.82) is 0 Å². The lowest BCUT2D eigenvalue weighted by Crippen LogP contribution is -2.50. The van der Waals surface area contributed by atoms with Crippen LogP contribution >= 0.6 is 0 Å². The van der Waals surface area contributed by atoms with E-state index in [0.29, 0.717) is 44.0 Å². The van der Waals surface area contributed by atoms with Crippen LogP contribution < -0.4 is 4.74 Å². The summed E-state index contributed by atoms with van der Waals surface area (Å²) in [5, 5.41) is 10.1. The molecular formula is C18H21FN2O4. The number of nitrogens with zero attached hydrogens (tertiary/aromatic N) is 2. The van der Waals surface area contributed by atoms with E-state index in [0.717, 1.165) is 0 Å². The van der Waals surface area contributed by atoms with E-state index in [1.807, 2.05) is 0 Å². The molecule has 7 heteroatoms. The number of rotatable bonds is 6. The predicted molar refractivity (Wildman–Crippen MR) is 89.0 cm³/mol. The molecule has 25 heavy (non-hydrogen) atoms. The zero-order valence-corrected chi connectivity index (χ0v) is 13.8. The van der Waals surface area contributed by atoms with Crippen molar-refractivity contribution in [2.45, 2.75) is 6.10 Å². The van der Waals surface area contributed by atoms with Gasteiger partial charge >= 0.3 is 0 Å². The highest BCUT2D eigenvalue weighted by Gasteiger charge is 2.24. The number of carbonyl (C=O) groups excluding carboxylic acids is 1. The maximum absolute atomic E-state index is 12.8. The molecule has 2 aromatic rings. The third kappa shape index (κ3) is 4.80. The number of amides is 1. The Balaban J connectivity index is 1.39. The zero-order valence-electron chi connectivity index (χ0n) is 13.8. The first-order valence-corrected chi connectivity index (χ1v) is 8.22. The fourth-order valence-corrected chi connectivity index (χ4v) is 2.78. The van der Waals surface area contributed by atoms with Crippen LogP contribution in [0.15, 0.2) is 47.3 Å². The summed E-state index contributed by atoms with van der Waals surface area (Å²) in [6.45, 7) is 3.20. The van der Waals surface area contributed by atoms with Crippen molar-refractivity contribution in [2.24, 2.45) is 0 Å². The molecule has 6 nitrogen and oxygen atoms in total. The number of carbonyl (C=O) groups is 1. The summed E-state index contributed by atoms with van der Waals surface area (Å²) in [6, 6.07) is 7.35. The second-order valence-corrected chi connectivity index (χ2v) is 6.02. The number of hydrogen-bond donors (Lipinski definition) is 1. The number of ether oxygens (including phenoxy) is 1. The van der Waals surface area contributed by atoms with E-state index in [1.165, 1.54) is 36.8 Å². The molecule has 1 fully saturated rings. The van der Waals surface area contributed by atoms with Crippen LogP contribution in [0.2, 0.25) is 0 Å². The molecule has 0 radical (unpaired) electrons. The van der Waals surface area contributed by atoms with E-state index < -0.39 is 6.10 Å². The van der Waals surface area contributed by atoms with Gasteiger partial charge in [0.2, 0.25) is 0 Å². The molecule has 1 saturated heterocycles. The van der Waals surface area contributed by atoms with Crippen molar-refractivity contribution < 1.29 is 23.4 Å². The van der Waals surface area contributed by atoms with Crippen molar-refractivity contribution in [3.8, 4) is 5.75 Å². The summed E-state index contributed by atoms with van der Waals surface area (Å²) in [5.41, 5.74) is 0.557. The summed E-state index contributed by atoms with van der Waals surface area (Å²) in [5.74, 6) is 0.167. The Morgan fingerprint density at radius 1 is 1.20 bits per heavy atom. The molecule has 0 bridgehead atoms. The van der Waals surface area contributed by atoms with Crippen molar-refractivity contribution in [3.05, 3.63) is 54.2 Å². The first-order valence-electron chi connectivity index (χ1n) is 8.22. The fourth-order valence-electron chi connectivity index (χ4n) is 2.78. The maximum atomic E-state index is 12.8. The second kappa shape index (κ2) is 8.13. The van der Waals surface area contributed by atoms with Gasteiger partial charge in [0.05, 0.1) is 11.8 Å². The number of aliphatic hydroxyl groups is 1. The smallest absolute Gasteiger partial charge is 0.257 e. The summed E-state index contributed by atoms with van der Waals surface area (Å²) < 4.78 is 23.2. The van der Waals surface area contributed by atoms with Gasteiger partial charge in [-0.3, -0.25) is 9.69 Å². The third-order valence-corrected chi connectivity index (χ3v) is 4.15. The molecular weight excluding hydrogens is 327 g/mol. The summed E-state index contributed by atoms with van der Waals surface area (Å²) in [7, 11) is 0. The minimum Gasteiger partial charge on any atom is -0.491 e. The number of benzene rings is 1. The number of hydrogen-bond acceptors (Lipinski definition) is 5. The Morgan fingerprint density at radius 2 is 1.92 bits per heavy atom. The van der Waals surface area contributed by atoms with Gasteiger partial charge in [0.1, 0.15) is 30.5 Å². The van der Waals surface area contributed by atoms with E-state index >= 15 is 0 Å². The Hall–Kier alpha value is -2.38. The number of β-amino-alcohol motifs (C(OH)–C–C–N with tert-alkyl or cyclic N) is 1. The van der Waals surface area contributed by atoms with E-state index in [4.69, 9.17) is 9.15 Å². The highest BCUT2D eigenvalue weighted by atomic mass is 19.1. The van der Waals surface area contributed by atoms with Gasteiger partial charge in [-0.25, -0.2) is 4.39 Å². The highest BCUT2D eigenvalue weighted by molar-refractivity contribution is 5.93. The van der Waals surface area contributed by atoms with Crippen LogP contribution in [-0.2, 0) is 0 Å². The SMILES string of the molecule is O=C(c1ccoc1)N1CCN(C[C@H](O)COc2ccc(F)cc2)CC1. The first-order chi connectivity index (χ1) is 12.1. The minimum absolute atomic E-state index is 0.0337. The van der Waals surface area contributed by atoms with Crippen LogP contribution in [0.4, 0.5) is 4.39 Å². The molecule has 1 aliphatic rings. The molecule has 1 aromatic carbocycles. The number of halogens is 1. The summed E-state index contributed by atoms with van der Waals surface area (Å²) in [6.07, 6.45) is 2.29. The first kappa shape index (κ1) is 17.4. The molecule has 1 aromatic heterocycles. The van der Waals surface area contributed by atoms with Gasteiger partial charge < -0.3 is 19.2 Å². The number of aliphatic hydroxyl groups excluding tert-OH is 1. The molecule has 134 valence electrons. The highest BCUT2D eigenvalue weighted by Crippen LogP contribution is 2.12. The van der Waals surface area contributed by atoms with Gasteiger partial charge in [0.25, 0.3) is 5.91 Å². The summed E-state index contributed by atoms with van der Waals surface area (Å²) in [4.78, 5) is 16.1. The Morgan fingerprint density at radius 3 is 2.56 bits per heavy atom. The maximum Gasteiger partial charge on any atom is 0.257 e. The van der Waals surface area contributed by atoms with Crippen LogP contribution in [0.1, 0.15) is 10.4 Å². The molecule has 3 rings (SSSR count). The number of piperazine rings is 1. The van der Waals surface area contributed by atoms with Gasteiger partial charge in [-0.05, 0) is 30.3 Å². The quantitative estimate of drug-likeness (QED) is 0.859. The lowest BCUT2D eigenvalue weighted by atomic mass is 10.2. The van der Waals surface area contributed by atoms with Gasteiger partial charge in [0, 0.05) is 32.7 Å². The normalized spacial score (nSPS) is 16.6. The fraction of sp³-hybridized carbons (Fsp3) is 0.389. The summed E-state index contributed by atoms with van der Waals surface area (Å²) >= 11 is 0. The number of furan rings is 1. The predicted octanol–water partition coefficient (Wildman–Crippen LogP) is 1.62. The van der Waals surface area contributed by atoms with E-state index in [9.17, 15) is 14.3 Å². The van der Waals surface area contributed by atoms with Crippen molar-refractivity contribution in [3.63, 3.8) is 0 Å². The molecule has 0 spiro atoms. The topological polar surface area (TPSA) is 66.2 Å². The molecule has 0 aliphatic carbocycles. The molecule has 2 heterocycles. The van der Waals surface area contributed by atoms with E-state index in [-0.39, 0.29) is 18.3 Å². The van der Waals surface area contributed by atoms with Crippen LogP contribution in [0.25, 0.3) is 0 Å². The minimum atomic E-state index is -0.652. The largest absolute Gasteiger partial charge is 0.491 e. The lowest BCUT2D eigenvalue weighted by molar-refractivity contribution is 0.0403. The lowest BCUT2D eigenvalue weighted by Gasteiger charge is -2.35. The molecule has 1 N–H and O–H groups in total. The van der Waals surface area contributed by atoms with Gasteiger partial charge in [-0.1, -0.05) is 0 Å². The van der Waals surface area contributed by atoms with Crippen molar-refractivity contribution in [2.75, 3.05) is 39.3 Å². The molecule has 1 aliphatic heterocycles. The standard InChI is InChI=1S/C18H21FN2O4/c19-15-1-3-17(4-2-15)25-13-16(22)11-20-6-8-21(9-7-20)18(23)14-5-10-24-12-14/h1-5,10,12,16,22H,6-9,11,13H2/t16-/m0/s1. The van der Waals surface area contributed by atoms with E-state index in [1.54, 1.807) is 11.0 Å². The van der Waals surface area contributed by atoms with Crippen LogP contribution in [0.5, 0.6) is 5.75 Å². The Labute approximate surface area is 145 Å². The molecule has 0 saturated carbocycles. The molecule has 1 atom stereocenters. The zero-order chi connectivity index (χ0) is 17.6. The second-order valence-electron chi connectivity index (χ2n) is 6.02. The molecule has 0 unspecified atom stereocenters. The van der Waals surface area contributed by atoms with Crippen LogP contribution in [0, 0.1) is 5.82 Å². The van der Waals surface area contributed by atoms with Crippen molar-refractivity contribution in [1.82, 2.24) is 9.80 Å². The third-order valence-electron chi connectivity index (χ3n) is 4.15. The monoisotopic (exact) mass is 348 g/mol. The van der Waals surface area contributed by atoms with Gasteiger partial charge in [-0.15, -0.1) is 0 Å². The van der Waals surface area contributed by atoms with Gasteiger partial charge in [-0.2, -0.15) is 0 Å². The Bertz CT molecular complexity index is 667. The Kier molecular flexibility index (Phi) is 5.67.